The molecule has 0 saturated heterocycles. The first-order valence-corrected chi connectivity index (χ1v) is 0. The van der Waals surface area contributed by atoms with Crippen LogP contribution in [0.4, 0.5) is 0 Å². The van der Waals surface area contributed by atoms with E-state index in [2.05, 4.69) is 0 Å². The summed E-state index contributed by atoms with van der Waals surface area (Å²) in [5.74, 6) is 0. The third-order valence-corrected chi connectivity index (χ3v) is 0. The number of halogens is 1. The van der Waals surface area contributed by atoms with Gasteiger partial charge in [0, 0.05) is 41.7 Å². The van der Waals surface area contributed by atoms with Crippen molar-refractivity contribution in [3.8, 4) is 0 Å². The van der Waals surface area contributed by atoms with Crippen LogP contribution in [-0.4, -0.2) is 40.4 Å². The van der Waals surface area contributed by atoms with E-state index >= 15 is 0 Å². The minimum absolute atomic E-state index is 0. The van der Waals surface area contributed by atoms with Crippen LogP contribution in [0.25, 0.3) is 0 Å². The minimum Gasteiger partial charge on any atom is -1.00 e. The van der Waals surface area contributed by atoms with E-state index in [0.29, 0.717) is 0 Å². The second kappa shape index (κ2) is 16.7. The average molecular weight is 233 g/mol. The monoisotopic (exact) mass is 232 g/mol. The zero-order valence-corrected chi connectivity index (χ0v) is 6.99. The zero-order valence-electron chi connectivity index (χ0n) is 3.62. The fraction of sp³-hybridized carbons (Fsp3) is 0. The third-order valence-electron chi connectivity index (χ3n) is 0. The third kappa shape index (κ3) is 8.88. The first-order chi connectivity index (χ1) is 0. The average Bonchev–Trinajstić information content (AvgIpc) is 0. The van der Waals surface area contributed by atoms with E-state index in [1.807, 2.05) is 0 Å². The predicted molar refractivity (Wildman–Crippen MR) is 25.2 cm³/mol. The van der Waals surface area contributed by atoms with E-state index in [1.165, 1.54) is 0 Å². The van der Waals surface area contributed by atoms with Crippen molar-refractivity contribution >= 4 is 52.8 Å². The van der Waals surface area contributed by atoms with Gasteiger partial charge in [-0.05, 0) is 0 Å². The molecule has 0 N–H and O–H groups in total. The van der Waals surface area contributed by atoms with E-state index in [0.717, 1.165) is 0 Å². The summed E-state index contributed by atoms with van der Waals surface area (Å²) in [5.41, 5.74) is 0. The maximum atomic E-state index is 0. The van der Waals surface area contributed by atoms with Gasteiger partial charge in [0.15, 0.2) is 17.4 Å². The molecule has 22 valence electrons. The van der Waals surface area contributed by atoms with Crippen LogP contribution in [0.5, 0.6) is 0 Å². The summed E-state index contributed by atoms with van der Waals surface area (Å²) in [7, 11) is 0. The fourth-order valence-electron chi connectivity index (χ4n) is 0. The molecule has 0 aromatic rings. The molecule has 0 bridgehead atoms. The Hall–Kier alpha value is 2.97. The molecular weight excluding hydrogens is 227 g/mol. The molecule has 0 aliphatic carbocycles. The fourth-order valence-corrected chi connectivity index (χ4v) is 0. The van der Waals surface area contributed by atoms with Gasteiger partial charge in [-0.3, -0.25) is 0 Å². The van der Waals surface area contributed by atoms with E-state index < -0.39 is 0 Å². The maximum absolute atomic E-state index is 0. The van der Waals surface area contributed by atoms with Crippen molar-refractivity contribution in [3.05, 3.63) is 0 Å². The SMILES string of the molecule is Cl.[AlH3].[Ce].[H-].[H-].[Mg+2]. The first-order valence-electron chi connectivity index (χ1n) is 0. The molecule has 0 fully saturated rings. The molecule has 4 heavy (non-hydrogen) atoms. The van der Waals surface area contributed by atoms with Crippen molar-refractivity contribution in [2.75, 3.05) is 0 Å². The molecule has 4 heteroatoms. The number of rotatable bonds is 0. The van der Waals surface area contributed by atoms with Gasteiger partial charge in [0.2, 0.25) is 0 Å². The van der Waals surface area contributed by atoms with Crippen LogP contribution in [-0.2, 0) is 0 Å². The Labute approximate surface area is 95.5 Å². The van der Waals surface area contributed by atoms with Crippen LogP contribution >= 0.6 is 12.4 Å². The Balaban J connectivity index is 0. The molecule has 0 rings (SSSR count). The van der Waals surface area contributed by atoms with Crippen molar-refractivity contribution < 1.29 is 44.6 Å². The van der Waals surface area contributed by atoms with Crippen LogP contribution in [0.1, 0.15) is 2.85 Å². The molecule has 0 nitrogen and oxygen atoms in total. The van der Waals surface area contributed by atoms with Gasteiger partial charge in [0.1, 0.15) is 0 Å². The quantitative estimate of drug-likeness (QED) is 0.475. The van der Waals surface area contributed by atoms with E-state index in [4.69, 9.17) is 0 Å². The van der Waals surface area contributed by atoms with Gasteiger partial charge in [0.05, 0.1) is 0 Å². The van der Waals surface area contributed by atoms with Gasteiger partial charge in [-0.25, -0.2) is 0 Å². The van der Waals surface area contributed by atoms with Gasteiger partial charge in [-0.15, -0.1) is 12.4 Å². The standard InChI is InChI=1S/Al.Ce.ClH.Mg.5H/h;;1H;;;;;;/q;;;+2;;;;2*-1. The molecule has 0 aromatic carbocycles. The Morgan fingerprint density at radius 2 is 1.25 bits per heavy atom. The van der Waals surface area contributed by atoms with Gasteiger partial charge in [-0.1, -0.05) is 0 Å². The van der Waals surface area contributed by atoms with Crippen LogP contribution in [0, 0.1) is 41.7 Å². The molecule has 0 unspecified atom stereocenters. The maximum Gasteiger partial charge on any atom is 2.00 e. The Kier molecular flexibility index (Phi) is 118. The van der Waals surface area contributed by atoms with Crippen molar-refractivity contribution in [1.82, 2.24) is 0 Å². The summed E-state index contributed by atoms with van der Waals surface area (Å²) in [5, 5.41) is 0. The van der Waals surface area contributed by atoms with Gasteiger partial charge in [0.25, 0.3) is 0 Å². The van der Waals surface area contributed by atoms with Gasteiger partial charge < -0.3 is 2.85 Å². The molecule has 0 radical (unpaired) electrons. The molecule has 0 spiro atoms. The topological polar surface area (TPSA) is 0 Å². The summed E-state index contributed by atoms with van der Waals surface area (Å²) in [6.07, 6.45) is 0. The van der Waals surface area contributed by atoms with Crippen LogP contribution in [0.3, 0.4) is 0 Å². The van der Waals surface area contributed by atoms with Gasteiger partial charge >= 0.3 is 23.1 Å². The molecule has 0 aliphatic rings. The largest absolute Gasteiger partial charge is 2.00 e. The van der Waals surface area contributed by atoms with Crippen LogP contribution in [0.2, 0.25) is 0 Å². The number of hydrogen-bond donors (Lipinski definition) is 0. The smallest absolute Gasteiger partial charge is 1.00 e. The Bertz CT molecular complexity index is 13.5. The summed E-state index contributed by atoms with van der Waals surface area (Å²) >= 11 is 0. The second-order valence-corrected chi connectivity index (χ2v) is 0. The van der Waals surface area contributed by atoms with E-state index in [1.54, 1.807) is 0 Å². The summed E-state index contributed by atoms with van der Waals surface area (Å²) in [6.45, 7) is 0. The zero-order chi connectivity index (χ0) is 0. The second-order valence-electron chi connectivity index (χ2n) is 0. The molecule has 0 atom stereocenters. The van der Waals surface area contributed by atoms with Crippen molar-refractivity contribution in [3.63, 3.8) is 0 Å². The number of hydrogen-bond acceptors (Lipinski definition) is 0. The van der Waals surface area contributed by atoms with Crippen molar-refractivity contribution in [2.45, 2.75) is 0 Å². The molecule has 0 aromatic heterocycles. The molecular formula is H6AlCeClMg. The molecule has 0 saturated carbocycles. The minimum atomic E-state index is 0. The van der Waals surface area contributed by atoms with Crippen LogP contribution < -0.4 is 0 Å². The summed E-state index contributed by atoms with van der Waals surface area (Å²) in [6, 6.07) is 0. The van der Waals surface area contributed by atoms with Crippen LogP contribution in [0.15, 0.2) is 0 Å². The van der Waals surface area contributed by atoms with Gasteiger partial charge in [-0.2, -0.15) is 0 Å². The first kappa shape index (κ1) is 28.2. The normalized spacial score (nSPS) is 0. The Morgan fingerprint density at radius 3 is 1.25 bits per heavy atom. The van der Waals surface area contributed by atoms with E-state index in [9.17, 15) is 0 Å². The molecule has 0 aliphatic heterocycles. The van der Waals surface area contributed by atoms with Crippen molar-refractivity contribution in [1.29, 1.82) is 0 Å². The molecule has 0 heterocycles. The summed E-state index contributed by atoms with van der Waals surface area (Å²) < 4.78 is 0. The Morgan fingerprint density at radius 1 is 1.25 bits per heavy atom. The predicted octanol–water partition coefficient (Wildman–Crippen LogP) is -0.918. The van der Waals surface area contributed by atoms with E-state index in [-0.39, 0.29) is 97.4 Å². The van der Waals surface area contributed by atoms with Crippen molar-refractivity contribution in [2.24, 2.45) is 0 Å². The molecule has 0 amide bonds. The summed E-state index contributed by atoms with van der Waals surface area (Å²) in [4.78, 5) is 0.